The molecule has 1 aliphatic heterocycles. The number of hydrogen-bond acceptors (Lipinski definition) is 1. The van der Waals surface area contributed by atoms with Crippen LogP contribution in [-0.4, -0.2) is 15.1 Å². The molecule has 18 heavy (non-hydrogen) atoms. The first kappa shape index (κ1) is 11.5. The van der Waals surface area contributed by atoms with Gasteiger partial charge < -0.3 is 4.90 Å². The molecule has 0 fully saturated rings. The Hall–Kier alpha value is -1.54. The van der Waals surface area contributed by atoms with Crippen molar-refractivity contribution < 1.29 is 0 Å². The lowest BCUT2D eigenvalue weighted by Gasteiger charge is -2.42. The predicted molar refractivity (Wildman–Crippen MR) is 79.8 cm³/mol. The van der Waals surface area contributed by atoms with Crippen molar-refractivity contribution in [1.29, 1.82) is 0 Å². The van der Waals surface area contributed by atoms with Crippen LogP contribution >= 0.6 is 0 Å². The fourth-order valence-corrected chi connectivity index (χ4v) is 3.84. The van der Waals surface area contributed by atoms with Crippen LogP contribution < -0.4 is 15.3 Å². The third kappa shape index (κ3) is 1.77. The van der Waals surface area contributed by atoms with Gasteiger partial charge in [0.25, 0.3) is 0 Å². The van der Waals surface area contributed by atoms with Gasteiger partial charge in [-0.1, -0.05) is 36.4 Å². The Kier molecular flexibility index (Phi) is 2.56. The van der Waals surface area contributed by atoms with Crippen LogP contribution in [0.25, 0.3) is 0 Å². The van der Waals surface area contributed by atoms with Crippen molar-refractivity contribution in [3.05, 3.63) is 48.5 Å². The summed E-state index contributed by atoms with van der Waals surface area (Å²) in [5, 5.41) is 2.90. The Bertz CT molecular complexity index is 538. The number of anilines is 2. The summed E-state index contributed by atoms with van der Waals surface area (Å²) in [5.74, 6) is 0. The standard InChI is InChI=1S/C16H17NSi/c1-16(2,3)17-12-8-4-6-10-14(12)18-15-11-7-5-9-13(15)17/h4-11H,1-3H3. The van der Waals surface area contributed by atoms with Crippen LogP contribution in [0.2, 0.25) is 0 Å². The Labute approximate surface area is 111 Å². The van der Waals surface area contributed by atoms with E-state index in [4.69, 9.17) is 0 Å². The van der Waals surface area contributed by atoms with Gasteiger partial charge >= 0.3 is 0 Å². The molecule has 2 radical (unpaired) electrons. The minimum absolute atomic E-state index is 0.0944. The minimum Gasteiger partial charge on any atom is -0.336 e. The Morgan fingerprint density at radius 2 is 1.22 bits per heavy atom. The van der Waals surface area contributed by atoms with Crippen molar-refractivity contribution in [1.82, 2.24) is 0 Å². The van der Waals surface area contributed by atoms with Crippen molar-refractivity contribution in [2.45, 2.75) is 26.3 Å². The molecule has 2 aromatic rings. The molecule has 3 rings (SSSR count). The van der Waals surface area contributed by atoms with E-state index >= 15 is 0 Å². The number of nitrogens with zero attached hydrogens (tertiary/aromatic N) is 1. The molecule has 0 saturated carbocycles. The first-order valence-electron chi connectivity index (χ1n) is 6.33. The van der Waals surface area contributed by atoms with Crippen molar-refractivity contribution in [2.75, 3.05) is 4.90 Å². The third-order valence-electron chi connectivity index (χ3n) is 3.23. The molecular weight excluding hydrogens is 234 g/mol. The molecule has 2 heteroatoms. The second-order valence-electron chi connectivity index (χ2n) is 5.67. The molecule has 1 heterocycles. The molecule has 1 nitrogen and oxygen atoms in total. The fourth-order valence-electron chi connectivity index (χ4n) is 2.55. The van der Waals surface area contributed by atoms with Crippen LogP contribution in [0.3, 0.4) is 0 Å². The molecule has 0 amide bonds. The predicted octanol–water partition coefficient (Wildman–Crippen LogP) is 2.59. The molecule has 0 atom stereocenters. The molecule has 0 aliphatic carbocycles. The van der Waals surface area contributed by atoms with E-state index in [9.17, 15) is 0 Å². The molecule has 1 aliphatic rings. The molecule has 0 saturated heterocycles. The van der Waals surface area contributed by atoms with Crippen LogP contribution in [0.15, 0.2) is 48.5 Å². The third-order valence-corrected chi connectivity index (χ3v) is 4.61. The summed E-state index contributed by atoms with van der Waals surface area (Å²) in [5.41, 5.74) is 2.82. The molecule has 90 valence electrons. The normalized spacial score (nSPS) is 14.1. The lowest BCUT2D eigenvalue weighted by molar-refractivity contribution is 0.561. The van der Waals surface area contributed by atoms with E-state index < -0.39 is 0 Å². The van der Waals surface area contributed by atoms with Gasteiger partial charge in [0.05, 0.1) is 0 Å². The van der Waals surface area contributed by atoms with Gasteiger partial charge in [0.2, 0.25) is 0 Å². The molecule has 0 N–H and O–H groups in total. The van der Waals surface area contributed by atoms with Crippen molar-refractivity contribution in [3.8, 4) is 0 Å². The van der Waals surface area contributed by atoms with E-state index in [2.05, 4.69) is 74.2 Å². The number of fused-ring (bicyclic) bond motifs is 2. The van der Waals surface area contributed by atoms with Crippen LogP contribution in [0.5, 0.6) is 0 Å². The van der Waals surface area contributed by atoms with Gasteiger partial charge in [0, 0.05) is 16.9 Å². The number of rotatable bonds is 0. The quantitative estimate of drug-likeness (QED) is 0.651. The zero-order valence-electron chi connectivity index (χ0n) is 11.1. The maximum absolute atomic E-state index is 2.47. The first-order chi connectivity index (χ1) is 8.57. The summed E-state index contributed by atoms with van der Waals surface area (Å²) >= 11 is 0. The van der Waals surface area contributed by atoms with E-state index in [0.717, 1.165) is 9.52 Å². The van der Waals surface area contributed by atoms with Gasteiger partial charge in [-0.05, 0) is 43.3 Å². The van der Waals surface area contributed by atoms with Gasteiger partial charge in [0.15, 0.2) is 0 Å². The van der Waals surface area contributed by atoms with Gasteiger partial charge in [-0.3, -0.25) is 0 Å². The summed E-state index contributed by atoms with van der Waals surface area (Å²) < 4.78 is 0. The van der Waals surface area contributed by atoms with Crippen LogP contribution in [0.4, 0.5) is 11.4 Å². The smallest absolute Gasteiger partial charge is 0.127 e. The van der Waals surface area contributed by atoms with E-state index in [1.165, 1.54) is 21.7 Å². The zero-order chi connectivity index (χ0) is 12.8. The lowest BCUT2D eigenvalue weighted by Crippen LogP contribution is -2.49. The van der Waals surface area contributed by atoms with Gasteiger partial charge in [-0.15, -0.1) is 0 Å². The van der Waals surface area contributed by atoms with Crippen molar-refractivity contribution >= 4 is 31.3 Å². The summed E-state index contributed by atoms with van der Waals surface area (Å²) in [6, 6.07) is 17.5. The first-order valence-corrected chi connectivity index (χ1v) is 7.33. The van der Waals surface area contributed by atoms with E-state index in [0.29, 0.717) is 0 Å². The minimum atomic E-state index is 0.0944. The van der Waals surface area contributed by atoms with Crippen LogP contribution in [-0.2, 0) is 0 Å². The molecule has 0 bridgehead atoms. The summed E-state index contributed by atoms with van der Waals surface area (Å²) in [4.78, 5) is 2.47. The van der Waals surface area contributed by atoms with E-state index in [1.54, 1.807) is 0 Å². The zero-order valence-corrected chi connectivity index (χ0v) is 12.1. The van der Waals surface area contributed by atoms with Crippen molar-refractivity contribution in [2.24, 2.45) is 0 Å². The highest BCUT2D eigenvalue weighted by atomic mass is 28.2. The number of benzene rings is 2. The van der Waals surface area contributed by atoms with Gasteiger partial charge in [-0.25, -0.2) is 0 Å². The Morgan fingerprint density at radius 3 is 1.67 bits per heavy atom. The largest absolute Gasteiger partial charge is 0.336 e. The second-order valence-corrected chi connectivity index (χ2v) is 6.99. The van der Waals surface area contributed by atoms with E-state index in [1.807, 2.05) is 0 Å². The second kappa shape index (κ2) is 3.99. The highest BCUT2D eigenvalue weighted by Gasteiger charge is 2.30. The SMILES string of the molecule is CC(C)(C)N1c2ccccc2[Si]c2ccccc21. The monoisotopic (exact) mass is 251 g/mol. The Morgan fingerprint density at radius 1 is 0.778 bits per heavy atom. The van der Waals surface area contributed by atoms with Gasteiger partial charge in [0.1, 0.15) is 9.52 Å². The summed E-state index contributed by atoms with van der Waals surface area (Å²) in [7, 11) is 0.767. The average Bonchev–Trinajstić information content (AvgIpc) is 2.34. The summed E-state index contributed by atoms with van der Waals surface area (Å²) in [6.45, 7) is 6.82. The van der Waals surface area contributed by atoms with E-state index in [-0.39, 0.29) is 5.54 Å². The molecule has 0 unspecified atom stereocenters. The maximum Gasteiger partial charge on any atom is 0.127 e. The average molecular weight is 251 g/mol. The summed E-state index contributed by atoms with van der Waals surface area (Å²) in [6.07, 6.45) is 0. The highest BCUT2D eigenvalue weighted by molar-refractivity contribution is 6.71. The molecule has 0 spiro atoms. The fraction of sp³-hybridized carbons (Fsp3) is 0.250. The highest BCUT2D eigenvalue weighted by Crippen LogP contribution is 2.32. The number of para-hydroxylation sites is 2. The topological polar surface area (TPSA) is 3.24 Å². The van der Waals surface area contributed by atoms with Crippen LogP contribution in [0, 0.1) is 0 Å². The molecule has 0 aromatic heterocycles. The lowest BCUT2D eigenvalue weighted by atomic mass is 10.0. The van der Waals surface area contributed by atoms with Crippen molar-refractivity contribution in [3.63, 3.8) is 0 Å². The van der Waals surface area contributed by atoms with Gasteiger partial charge in [-0.2, -0.15) is 0 Å². The number of hydrogen-bond donors (Lipinski definition) is 0. The van der Waals surface area contributed by atoms with Crippen LogP contribution in [0.1, 0.15) is 20.8 Å². The molecule has 2 aromatic carbocycles. The molecular formula is C16H17NSi. The Balaban J connectivity index is 2.24. The maximum atomic E-state index is 2.47.